The Morgan fingerprint density at radius 1 is 1.27 bits per heavy atom. The largest absolute Gasteiger partial charge is 0.467 e. The molecule has 1 aliphatic heterocycles. The number of hydrogen-bond acceptors (Lipinski definition) is 5. The summed E-state index contributed by atoms with van der Waals surface area (Å²) in [7, 11) is 1.61. The van der Waals surface area contributed by atoms with Gasteiger partial charge in [-0.2, -0.15) is 5.10 Å². The van der Waals surface area contributed by atoms with Crippen LogP contribution in [0.4, 0.5) is 5.69 Å². The first-order chi connectivity index (χ1) is 12.6. The Bertz CT molecular complexity index is 831. The first-order valence-corrected chi connectivity index (χ1v) is 8.78. The normalized spacial score (nSPS) is 22.6. The average molecular weight is 356 g/mol. The molecule has 1 aliphatic carbocycles. The minimum Gasteiger partial charge on any atom is -0.467 e. The van der Waals surface area contributed by atoms with Gasteiger partial charge in [0.15, 0.2) is 0 Å². The van der Waals surface area contributed by atoms with E-state index in [-0.39, 0.29) is 41.6 Å². The number of nitrogens with zero attached hydrogens (tertiary/aromatic N) is 3. The van der Waals surface area contributed by atoms with Crippen LogP contribution in [0.25, 0.3) is 0 Å². The standard InChI is InChI=1S/C18H20N4O4/c1-21-15(16(23)19-9-11-5-4-8-26-11)14(10-20-21)22-17(24)12-6-2-3-7-13(12)18(22)25/h4-5,8,10,12-13H,2-3,6-7,9H2,1H3,(H,19,23)/t12-,13+. The third-order valence-corrected chi connectivity index (χ3v) is 5.22. The third kappa shape index (κ3) is 2.61. The van der Waals surface area contributed by atoms with Crippen molar-refractivity contribution in [1.29, 1.82) is 0 Å². The Hall–Kier alpha value is -2.90. The molecule has 26 heavy (non-hydrogen) atoms. The van der Waals surface area contributed by atoms with E-state index in [1.807, 2.05) is 0 Å². The van der Waals surface area contributed by atoms with E-state index >= 15 is 0 Å². The summed E-state index contributed by atoms with van der Waals surface area (Å²) in [5.74, 6) is -0.764. The first kappa shape index (κ1) is 16.6. The number of aryl methyl sites for hydroxylation is 1. The van der Waals surface area contributed by atoms with E-state index in [1.54, 1.807) is 19.2 Å². The topological polar surface area (TPSA) is 97.4 Å². The molecule has 4 rings (SSSR count). The molecule has 2 atom stereocenters. The van der Waals surface area contributed by atoms with Crippen LogP contribution in [0.15, 0.2) is 29.0 Å². The van der Waals surface area contributed by atoms with Crippen molar-refractivity contribution in [3.8, 4) is 0 Å². The van der Waals surface area contributed by atoms with Gasteiger partial charge < -0.3 is 9.73 Å². The highest BCUT2D eigenvalue weighted by molar-refractivity contribution is 6.23. The van der Waals surface area contributed by atoms with Gasteiger partial charge in [-0.05, 0) is 25.0 Å². The molecular weight excluding hydrogens is 336 g/mol. The molecule has 0 unspecified atom stereocenters. The van der Waals surface area contributed by atoms with E-state index in [9.17, 15) is 14.4 Å². The summed E-state index contributed by atoms with van der Waals surface area (Å²) in [6.07, 6.45) is 6.31. The maximum Gasteiger partial charge on any atom is 0.272 e. The Morgan fingerprint density at radius 3 is 2.58 bits per heavy atom. The van der Waals surface area contributed by atoms with Crippen LogP contribution in [-0.4, -0.2) is 27.5 Å². The molecule has 2 aliphatic rings. The summed E-state index contributed by atoms with van der Waals surface area (Å²) in [6.45, 7) is 0.212. The first-order valence-electron chi connectivity index (χ1n) is 8.78. The van der Waals surface area contributed by atoms with Crippen LogP contribution < -0.4 is 10.2 Å². The number of rotatable bonds is 4. The fourth-order valence-electron chi connectivity index (χ4n) is 3.92. The number of nitrogens with one attached hydrogen (secondary N) is 1. The van der Waals surface area contributed by atoms with Crippen molar-refractivity contribution in [2.45, 2.75) is 32.2 Å². The molecule has 0 bridgehead atoms. The Labute approximate surface area is 150 Å². The highest BCUT2D eigenvalue weighted by atomic mass is 16.3. The predicted octanol–water partition coefficient (Wildman–Crippen LogP) is 1.62. The number of amides is 3. The Balaban J connectivity index is 1.60. The van der Waals surface area contributed by atoms with Gasteiger partial charge in [-0.25, -0.2) is 4.90 Å². The summed E-state index contributed by atoms with van der Waals surface area (Å²) >= 11 is 0. The van der Waals surface area contributed by atoms with Gasteiger partial charge in [0.1, 0.15) is 17.1 Å². The minimum atomic E-state index is -0.410. The van der Waals surface area contributed by atoms with E-state index in [0.717, 1.165) is 30.6 Å². The van der Waals surface area contributed by atoms with Crippen LogP contribution >= 0.6 is 0 Å². The molecule has 0 spiro atoms. The van der Waals surface area contributed by atoms with Gasteiger partial charge in [0.05, 0.1) is 30.8 Å². The second-order valence-corrected chi connectivity index (χ2v) is 6.77. The van der Waals surface area contributed by atoms with Crippen LogP contribution in [-0.2, 0) is 23.2 Å². The molecule has 0 aromatic carbocycles. The predicted molar refractivity (Wildman–Crippen MR) is 91.0 cm³/mol. The SMILES string of the molecule is Cn1ncc(N2C(=O)[C@H]3CCCC[C@H]3C2=O)c1C(=O)NCc1ccco1. The fraction of sp³-hybridized carbons (Fsp3) is 0.444. The number of anilines is 1. The molecule has 8 nitrogen and oxygen atoms in total. The minimum absolute atomic E-state index is 0.192. The van der Waals surface area contributed by atoms with Crippen molar-refractivity contribution in [1.82, 2.24) is 15.1 Å². The van der Waals surface area contributed by atoms with Gasteiger partial charge in [0.2, 0.25) is 11.8 Å². The van der Waals surface area contributed by atoms with E-state index < -0.39 is 5.91 Å². The molecule has 3 amide bonds. The van der Waals surface area contributed by atoms with Crippen LogP contribution in [0, 0.1) is 11.8 Å². The zero-order chi connectivity index (χ0) is 18.3. The van der Waals surface area contributed by atoms with Crippen LogP contribution in [0.3, 0.4) is 0 Å². The summed E-state index contributed by atoms with van der Waals surface area (Å²) in [5, 5.41) is 6.84. The zero-order valence-electron chi connectivity index (χ0n) is 14.5. The van der Waals surface area contributed by atoms with E-state index in [1.165, 1.54) is 17.1 Å². The van der Waals surface area contributed by atoms with Crippen molar-refractivity contribution < 1.29 is 18.8 Å². The number of fused-ring (bicyclic) bond motifs is 1. The molecule has 1 saturated carbocycles. The van der Waals surface area contributed by atoms with E-state index in [4.69, 9.17) is 4.42 Å². The monoisotopic (exact) mass is 356 g/mol. The summed E-state index contributed by atoms with van der Waals surface area (Å²) in [4.78, 5) is 39.4. The van der Waals surface area contributed by atoms with Crippen LogP contribution in [0.5, 0.6) is 0 Å². The molecule has 1 saturated heterocycles. The second kappa shape index (κ2) is 6.44. The summed E-state index contributed by atoms with van der Waals surface area (Å²) < 4.78 is 6.59. The summed E-state index contributed by atoms with van der Waals surface area (Å²) in [5.41, 5.74) is 0.450. The number of aromatic nitrogens is 2. The maximum absolute atomic E-state index is 12.8. The molecule has 2 aromatic heterocycles. The molecule has 8 heteroatoms. The van der Waals surface area contributed by atoms with Crippen LogP contribution in [0.1, 0.15) is 41.9 Å². The molecule has 1 N–H and O–H groups in total. The fourth-order valence-corrected chi connectivity index (χ4v) is 3.92. The van der Waals surface area contributed by atoms with E-state index in [0.29, 0.717) is 5.76 Å². The lowest BCUT2D eigenvalue weighted by atomic mass is 9.81. The third-order valence-electron chi connectivity index (χ3n) is 5.22. The second-order valence-electron chi connectivity index (χ2n) is 6.77. The number of carbonyl (C=O) groups excluding carboxylic acids is 3. The molecule has 0 radical (unpaired) electrons. The van der Waals surface area contributed by atoms with E-state index in [2.05, 4.69) is 10.4 Å². The van der Waals surface area contributed by atoms with Crippen molar-refractivity contribution in [2.75, 3.05) is 4.90 Å². The quantitative estimate of drug-likeness (QED) is 0.840. The van der Waals surface area contributed by atoms with Crippen molar-refractivity contribution in [3.63, 3.8) is 0 Å². The molecule has 2 fully saturated rings. The van der Waals surface area contributed by atoms with Gasteiger partial charge in [-0.15, -0.1) is 0 Å². The lowest BCUT2D eigenvalue weighted by molar-refractivity contribution is -0.122. The number of hydrogen-bond donors (Lipinski definition) is 1. The van der Waals surface area contributed by atoms with Gasteiger partial charge in [-0.1, -0.05) is 12.8 Å². The molecule has 3 heterocycles. The van der Waals surface area contributed by atoms with Crippen molar-refractivity contribution in [3.05, 3.63) is 36.0 Å². The van der Waals surface area contributed by atoms with Gasteiger partial charge in [0, 0.05) is 7.05 Å². The zero-order valence-corrected chi connectivity index (χ0v) is 14.5. The smallest absolute Gasteiger partial charge is 0.272 e. The summed E-state index contributed by atoms with van der Waals surface area (Å²) in [6, 6.07) is 3.49. The lowest BCUT2D eigenvalue weighted by Crippen LogP contribution is -2.34. The van der Waals surface area contributed by atoms with Crippen molar-refractivity contribution >= 4 is 23.4 Å². The Kier molecular flexibility index (Phi) is 4.10. The molecular formula is C18H20N4O4. The van der Waals surface area contributed by atoms with Gasteiger partial charge in [-0.3, -0.25) is 19.1 Å². The molecule has 136 valence electrons. The highest BCUT2D eigenvalue weighted by Crippen LogP contribution is 2.40. The van der Waals surface area contributed by atoms with Gasteiger partial charge in [0.25, 0.3) is 5.91 Å². The number of furan rings is 1. The highest BCUT2D eigenvalue weighted by Gasteiger charge is 2.50. The average Bonchev–Trinajstić information content (AvgIpc) is 3.34. The lowest BCUT2D eigenvalue weighted by Gasteiger charge is -2.19. The van der Waals surface area contributed by atoms with Crippen molar-refractivity contribution in [2.24, 2.45) is 18.9 Å². The maximum atomic E-state index is 12.8. The number of imide groups is 1. The number of carbonyl (C=O) groups is 3. The Morgan fingerprint density at radius 2 is 1.96 bits per heavy atom. The molecule has 2 aromatic rings. The van der Waals surface area contributed by atoms with Gasteiger partial charge >= 0.3 is 0 Å². The van der Waals surface area contributed by atoms with Crippen LogP contribution in [0.2, 0.25) is 0 Å².